The van der Waals surface area contributed by atoms with Crippen LogP contribution in [0.5, 0.6) is 0 Å². The molecule has 1 unspecified atom stereocenters. The number of amidine groups is 1. The van der Waals surface area contributed by atoms with E-state index in [-0.39, 0.29) is 4.08 Å². The monoisotopic (exact) mass is 278 g/mol. The highest BCUT2D eigenvalue weighted by Crippen LogP contribution is 2.47. The lowest BCUT2D eigenvalue weighted by Gasteiger charge is -2.24. The van der Waals surface area contributed by atoms with Gasteiger partial charge in [0.2, 0.25) is 0 Å². The van der Waals surface area contributed by atoms with E-state index in [2.05, 4.69) is 47.7 Å². The van der Waals surface area contributed by atoms with E-state index in [0.717, 1.165) is 13.1 Å². The van der Waals surface area contributed by atoms with Crippen LogP contribution in [0.4, 0.5) is 0 Å². The summed E-state index contributed by atoms with van der Waals surface area (Å²) in [5.74, 6) is 1.32. The van der Waals surface area contributed by atoms with Crippen molar-refractivity contribution in [3.63, 3.8) is 0 Å². The molecule has 0 bridgehead atoms. The summed E-state index contributed by atoms with van der Waals surface area (Å²) in [7, 11) is 0. The van der Waals surface area contributed by atoms with Gasteiger partial charge in [0.25, 0.3) is 0 Å². The SMILES string of the molecule is CSC1(SC)CCN2CC(c3ccccc3)N=C21. The molecule has 0 aliphatic carbocycles. The molecule has 1 saturated heterocycles. The quantitative estimate of drug-likeness (QED) is 0.789. The van der Waals surface area contributed by atoms with Gasteiger partial charge < -0.3 is 4.90 Å². The van der Waals surface area contributed by atoms with Gasteiger partial charge in [-0.1, -0.05) is 30.3 Å². The summed E-state index contributed by atoms with van der Waals surface area (Å²) in [5, 5.41) is 0. The molecule has 4 heteroatoms. The van der Waals surface area contributed by atoms with Crippen LogP contribution < -0.4 is 0 Å². The zero-order valence-electron chi connectivity index (χ0n) is 10.8. The van der Waals surface area contributed by atoms with Gasteiger partial charge in [0.05, 0.1) is 6.04 Å². The number of nitrogens with zero attached hydrogens (tertiary/aromatic N) is 2. The van der Waals surface area contributed by atoms with Crippen molar-refractivity contribution in [1.82, 2.24) is 4.90 Å². The standard InChI is InChI=1S/C14H18N2S2/c1-17-14(18-2)8-9-16-10-12(15-13(14)16)11-6-4-3-5-7-11/h3-7,12H,8-10H2,1-2H3. The molecule has 96 valence electrons. The third kappa shape index (κ3) is 1.86. The van der Waals surface area contributed by atoms with Crippen molar-refractivity contribution in [1.29, 1.82) is 0 Å². The van der Waals surface area contributed by atoms with E-state index in [1.807, 2.05) is 23.5 Å². The van der Waals surface area contributed by atoms with Crippen molar-refractivity contribution in [3.05, 3.63) is 35.9 Å². The molecule has 2 heterocycles. The molecule has 0 amide bonds. The lowest BCUT2D eigenvalue weighted by molar-refractivity contribution is 0.454. The first kappa shape index (κ1) is 12.4. The normalized spacial score (nSPS) is 25.1. The largest absolute Gasteiger partial charge is 0.356 e. The Labute approximate surface area is 117 Å². The minimum Gasteiger partial charge on any atom is -0.356 e. The lowest BCUT2D eigenvalue weighted by atomic mass is 10.1. The van der Waals surface area contributed by atoms with Crippen molar-refractivity contribution < 1.29 is 0 Å². The van der Waals surface area contributed by atoms with Crippen LogP contribution >= 0.6 is 23.5 Å². The van der Waals surface area contributed by atoms with Crippen LogP contribution in [-0.2, 0) is 0 Å². The molecule has 2 aliphatic rings. The number of benzene rings is 1. The lowest BCUT2D eigenvalue weighted by Crippen LogP contribution is -2.31. The first-order valence-electron chi connectivity index (χ1n) is 6.27. The van der Waals surface area contributed by atoms with Gasteiger partial charge >= 0.3 is 0 Å². The van der Waals surface area contributed by atoms with E-state index in [1.54, 1.807) is 0 Å². The molecule has 3 rings (SSSR count). The molecule has 1 aromatic carbocycles. The maximum absolute atomic E-state index is 5.02. The van der Waals surface area contributed by atoms with E-state index in [9.17, 15) is 0 Å². The number of rotatable bonds is 3. The van der Waals surface area contributed by atoms with Crippen molar-refractivity contribution in [2.45, 2.75) is 16.5 Å². The van der Waals surface area contributed by atoms with Crippen molar-refractivity contribution in [2.24, 2.45) is 4.99 Å². The first-order chi connectivity index (χ1) is 8.79. The van der Waals surface area contributed by atoms with Crippen molar-refractivity contribution in [2.75, 3.05) is 25.6 Å². The van der Waals surface area contributed by atoms with E-state index >= 15 is 0 Å². The van der Waals surface area contributed by atoms with Gasteiger partial charge in [0, 0.05) is 13.1 Å². The summed E-state index contributed by atoms with van der Waals surface area (Å²) in [6.07, 6.45) is 5.63. The van der Waals surface area contributed by atoms with Crippen LogP contribution in [-0.4, -0.2) is 40.4 Å². The summed E-state index contributed by atoms with van der Waals surface area (Å²) >= 11 is 3.89. The Morgan fingerprint density at radius 3 is 2.61 bits per heavy atom. The summed E-state index contributed by atoms with van der Waals surface area (Å²) < 4.78 is 0.198. The number of aliphatic imine (C=N–C) groups is 1. The van der Waals surface area contributed by atoms with Crippen LogP contribution in [0.3, 0.4) is 0 Å². The highest BCUT2D eigenvalue weighted by molar-refractivity contribution is 8.18. The summed E-state index contributed by atoms with van der Waals surface area (Å²) in [6.45, 7) is 2.21. The van der Waals surface area contributed by atoms with E-state index in [1.165, 1.54) is 17.8 Å². The smallest absolute Gasteiger partial charge is 0.126 e. The molecule has 2 aliphatic heterocycles. The molecule has 0 saturated carbocycles. The van der Waals surface area contributed by atoms with E-state index in [0.29, 0.717) is 6.04 Å². The van der Waals surface area contributed by atoms with Gasteiger partial charge in [0.1, 0.15) is 9.91 Å². The van der Waals surface area contributed by atoms with Crippen molar-refractivity contribution in [3.8, 4) is 0 Å². The van der Waals surface area contributed by atoms with Crippen LogP contribution in [0.1, 0.15) is 18.0 Å². The third-order valence-electron chi connectivity index (χ3n) is 3.87. The minimum atomic E-state index is 0.198. The molecule has 0 aromatic heterocycles. The number of hydrogen-bond acceptors (Lipinski definition) is 4. The van der Waals surface area contributed by atoms with Crippen LogP contribution in [0.15, 0.2) is 35.3 Å². The van der Waals surface area contributed by atoms with Crippen LogP contribution in [0.25, 0.3) is 0 Å². The fourth-order valence-electron chi connectivity index (χ4n) is 2.82. The molecule has 1 aromatic rings. The minimum absolute atomic E-state index is 0.198. The van der Waals surface area contributed by atoms with Gasteiger partial charge in [-0.25, -0.2) is 0 Å². The van der Waals surface area contributed by atoms with Crippen molar-refractivity contribution >= 4 is 29.4 Å². The molecular weight excluding hydrogens is 260 g/mol. The Morgan fingerprint density at radius 2 is 1.94 bits per heavy atom. The number of hydrogen-bond donors (Lipinski definition) is 0. The highest BCUT2D eigenvalue weighted by Gasteiger charge is 2.47. The molecule has 1 atom stereocenters. The molecule has 0 spiro atoms. The van der Waals surface area contributed by atoms with Gasteiger partial charge in [-0.05, 0) is 24.5 Å². The Bertz CT molecular complexity index is 454. The Kier molecular flexibility index (Phi) is 3.32. The first-order valence-corrected chi connectivity index (χ1v) is 8.72. The van der Waals surface area contributed by atoms with E-state index in [4.69, 9.17) is 4.99 Å². The maximum atomic E-state index is 5.02. The second-order valence-electron chi connectivity index (χ2n) is 4.74. The average molecular weight is 278 g/mol. The highest BCUT2D eigenvalue weighted by atomic mass is 32.2. The molecule has 1 fully saturated rings. The molecule has 0 radical (unpaired) electrons. The third-order valence-corrected chi connectivity index (χ3v) is 6.96. The molecule has 18 heavy (non-hydrogen) atoms. The van der Waals surface area contributed by atoms with E-state index < -0.39 is 0 Å². The summed E-state index contributed by atoms with van der Waals surface area (Å²) in [6, 6.07) is 11.0. The molecule has 0 N–H and O–H groups in total. The van der Waals surface area contributed by atoms with Gasteiger partial charge in [-0.2, -0.15) is 0 Å². The molecule has 2 nitrogen and oxygen atoms in total. The fourth-order valence-corrected chi connectivity index (χ4v) is 4.81. The average Bonchev–Trinajstić information content (AvgIpc) is 2.99. The zero-order chi connectivity index (χ0) is 12.6. The zero-order valence-corrected chi connectivity index (χ0v) is 12.4. The second kappa shape index (κ2) is 4.82. The van der Waals surface area contributed by atoms with Crippen LogP contribution in [0.2, 0.25) is 0 Å². The predicted molar refractivity (Wildman–Crippen MR) is 82.6 cm³/mol. The fraction of sp³-hybridized carbons (Fsp3) is 0.500. The van der Waals surface area contributed by atoms with Gasteiger partial charge in [0.15, 0.2) is 0 Å². The topological polar surface area (TPSA) is 15.6 Å². The predicted octanol–water partition coefficient (Wildman–Crippen LogP) is 3.27. The second-order valence-corrected chi connectivity index (χ2v) is 7.21. The Hall–Kier alpha value is -0.610. The number of thioether (sulfide) groups is 2. The maximum Gasteiger partial charge on any atom is 0.126 e. The Balaban J connectivity index is 1.91. The number of fused-ring (bicyclic) bond motifs is 1. The van der Waals surface area contributed by atoms with Gasteiger partial charge in [-0.15, -0.1) is 23.5 Å². The Morgan fingerprint density at radius 1 is 1.22 bits per heavy atom. The summed E-state index contributed by atoms with van der Waals surface area (Å²) in [5.41, 5.74) is 1.34. The van der Waals surface area contributed by atoms with Crippen LogP contribution in [0, 0.1) is 0 Å². The molecular formula is C14H18N2S2. The van der Waals surface area contributed by atoms with Gasteiger partial charge in [-0.3, -0.25) is 4.99 Å². The summed E-state index contributed by atoms with van der Waals surface area (Å²) in [4.78, 5) is 7.49.